The molecule has 0 aliphatic heterocycles. The van der Waals surface area contributed by atoms with E-state index in [0.29, 0.717) is 18.0 Å². The lowest BCUT2D eigenvalue weighted by Gasteiger charge is -2.06. The Hall–Kier alpha value is -1.92. The van der Waals surface area contributed by atoms with Gasteiger partial charge in [0.15, 0.2) is 0 Å². The van der Waals surface area contributed by atoms with Crippen molar-refractivity contribution in [3.63, 3.8) is 0 Å². The number of benzene rings is 1. The van der Waals surface area contributed by atoms with Gasteiger partial charge in [-0.2, -0.15) is 4.37 Å². The summed E-state index contributed by atoms with van der Waals surface area (Å²) in [7, 11) is 0. The summed E-state index contributed by atoms with van der Waals surface area (Å²) < 4.78 is 4.31. The highest BCUT2D eigenvalue weighted by Gasteiger charge is 2.07. The molecule has 6 heteroatoms. The van der Waals surface area contributed by atoms with Gasteiger partial charge in [-0.25, -0.2) is 4.79 Å². The van der Waals surface area contributed by atoms with Crippen molar-refractivity contribution in [3.8, 4) is 11.3 Å². The second kappa shape index (κ2) is 7.02. The van der Waals surface area contributed by atoms with E-state index >= 15 is 0 Å². The molecule has 0 aliphatic rings. The number of anilines is 1. The number of nitrogens with zero attached hydrogens (tertiary/aromatic N) is 1. The molecule has 0 saturated heterocycles. The lowest BCUT2D eigenvalue weighted by molar-refractivity contribution is 0.184. The molecule has 0 bridgehead atoms. The second-order valence-corrected chi connectivity index (χ2v) is 5.27. The van der Waals surface area contributed by atoms with Gasteiger partial charge in [-0.3, -0.25) is 5.32 Å². The maximum Gasteiger partial charge on any atom is 0.319 e. The molecule has 1 atom stereocenters. The summed E-state index contributed by atoms with van der Waals surface area (Å²) in [5.41, 5.74) is 1.86. The maximum atomic E-state index is 11.6. The number of carbonyl (C=O) groups excluding carboxylic acids is 1. The predicted octanol–water partition coefficient (Wildman–Crippen LogP) is 2.70. The average molecular weight is 291 g/mol. The molecule has 1 heterocycles. The zero-order valence-corrected chi connectivity index (χ0v) is 12.0. The fourth-order valence-electron chi connectivity index (χ4n) is 1.63. The SMILES string of the molecule is CC(O)CCNC(=O)Nc1cc(-c2ccccc2)ns1. The van der Waals surface area contributed by atoms with Gasteiger partial charge in [0.2, 0.25) is 0 Å². The number of hydrogen-bond donors (Lipinski definition) is 3. The molecule has 106 valence electrons. The molecule has 3 N–H and O–H groups in total. The third-order valence-electron chi connectivity index (χ3n) is 2.66. The third kappa shape index (κ3) is 4.32. The lowest BCUT2D eigenvalue weighted by atomic mass is 10.2. The Labute approximate surface area is 121 Å². The highest BCUT2D eigenvalue weighted by molar-refractivity contribution is 7.10. The predicted molar refractivity (Wildman–Crippen MR) is 80.9 cm³/mol. The van der Waals surface area contributed by atoms with Crippen LogP contribution in [0.3, 0.4) is 0 Å². The van der Waals surface area contributed by atoms with Crippen LogP contribution in [0.25, 0.3) is 11.3 Å². The molecule has 1 aromatic heterocycles. The van der Waals surface area contributed by atoms with E-state index in [2.05, 4.69) is 15.0 Å². The van der Waals surface area contributed by atoms with Crippen molar-refractivity contribution in [1.29, 1.82) is 0 Å². The van der Waals surface area contributed by atoms with Crippen molar-refractivity contribution in [3.05, 3.63) is 36.4 Å². The van der Waals surface area contributed by atoms with Crippen molar-refractivity contribution in [2.75, 3.05) is 11.9 Å². The lowest BCUT2D eigenvalue weighted by Crippen LogP contribution is -2.30. The van der Waals surface area contributed by atoms with Crippen molar-refractivity contribution < 1.29 is 9.90 Å². The summed E-state index contributed by atoms with van der Waals surface area (Å²) in [6.45, 7) is 2.13. The van der Waals surface area contributed by atoms with Gasteiger partial charge < -0.3 is 10.4 Å². The summed E-state index contributed by atoms with van der Waals surface area (Å²) in [5, 5.41) is 15.2. The number of aliphatic hydroxyl groups excluding tert-OH is 1. The molecule has 0 radical (unpaired) electrons. The smallest absolute Gasteiger partial charge is 0.319 e. The summed E-state index contributed by atoms with van der Waals surface area (Å²) in [4.78, 5) is 11.6. The van der Waals surface area contributed by atoms with E-state index in [0.717, 1.165) is 11.3 Å². The Bertz CT molecular complexity index is 555. The van der Waals surface area contributed by atoms with E-state index in [4.69, 9.17) is 5.11 Å². The summed E-state index contributed by atoms with van der Waals surface area (Å²) in [6, 6.07) is 11.4. The van der Waals surface area contributed by atoms with Gasteiger partial charge in [0, 0.05) is 18.2 Å². The Balaban J connectivity index is 1.88. The first-order valence-electron chi connectivity index (χ1n) is 6.40. The van der Waals surface area contributed by atoms with Gasteiger partial charge in [-0.1, -0.05) is 30.3 Å². The Morgan fingerprint density at radius 1 is 1.40 bits per heavy atom. The van der Waals surface area contributed by atoms with Crippen molar-refractivity contribution in [2.24, 2.45) is 0 Å². The molecule has 20 heavy (non-hydrogen) atoms. The third-order valence-corrected chi connectivity index (χ3v) is 3.37. The van der Waals surface area contributed by atoms with E-state index in [1.165, 1.54) is 11.5 Å². The fourth-order valence-corrected chi connectivity index (χ4v) is 2.29. The zero-order valence-electron chi connectivity index (χ0n) is 11.2. The molecule has 5 nitrogen and oxygen atoms in total. The molecule has 0 aliphatic carbocycles. The Morgan fingerprint density at radius 2 is 2.15 bits per heavy atom. The molecular weight excluding hydrogens is 274 g/mol. The maximum absolute atomic E-state index is 11.6. The minimum atomic E-state index is -0.414. The van der Waals surface area contributed by atoms with E-state index < -0.39 is 6.10 Å². The van der Waals surface area contributed by atoms with E-state index in [9.17, 15) is 4.79 Å². The first-order chi connectivity index (χ1) is 9.65. The quantitative estimate of drug-likeness (QED) is 0.793. The summed E-state index contributed by atoms with van der Waals surface area (Å²) >= 11 is 1.24. The zero-order chi connectivity index (χ0) is 14.4. The van der Waals surface area contributed by atoms with Crippen LogP contribution in [0.2, 0.25) is 0 Å². The topological polar surface area (TPSA) is 74.2 Å². The number of aliphatic hydroxyl groups is 1. The van der Waals surface area contributed by atoms with Gasteiger partial charge in [0.1, 0.15) is 5.00 Å². The van der Waals surface area contributed by atoms with E-state index in [-0.39, 0.29) is 6.03 Å². The van der Waals surface area contributed by atoms with Gasteiger partial charge >= 0.3 is 6.03 Å². The number of carbonyl (C=O) groups is 1. The van der Waals surface area contributed by atoms with Gasteiger partial charge in [-0.05, 0) is 24.9 Å². The van der Waals surface area contributed by atoms with Crippen LogP contribution < -0.4 is 10.6 Å². The number of nitrogens with one attached hydrogen (secondary N) is 2. The number of urea groups is 1. The summed E-state index contributed by atoms with van der Waals surface area (Å²) in [6.07, 6.45) is 0.120. The largest absolute Gasteiger partial charge is 0.393 e. The van der Waals surface area contributed by atoms with Crippen LogP contribution in [0.1, 0.15) is 13.3 Å². The first kappa shape index (κ1) is 14.5. The molecule has 1 aromatic carbocycles. The Morgan fingerprint density at radius 3 is 2.85 bits per heavy atom. The van der Waals surface area contributed by atoms with Crippen molar-refractivity contribution >= 4 is 22.6 Å². The van der Waals surface area contributed by atoms with E-state index in [1.54, 1.807) is 6.92 Å². The molecule has 0 saturated carbocycles. The summed E-state index contributed by atoms with van der Waals surface area (Å²) in [5.74, 6) is 0. The van der Waals surface area contributed by atoms with Crippen LogP contribution in [-0.2, 0) is 0 Å². The van der Waals surface area contributed by atoms with Gasteiger partial charge in [-0.15, -0.1) is 0 Å². The molecule has 0 spiro atoms. The van der Waals surface area contributed by atoms with Gasteiger partial charge in [0.25, 0.3) is 0 Å². The van der Waals surface area contributed by atoms with Crippen molar-refractivity contribution in [2.45, 2.75) is 19.4 Å². The Kier molecular flexibility index (Phi) is 5.09. The number of aromatic nitrogens is 1. The van der Waals surface area contributed by atoms with Crippen LogP contribution >= 0.6 is 11.5 Å². The molecule has 1 unspecified atom stereocenters. The molecule has 0 fully saturated rings. The van der Waals surface area contributed by atoms with Gasteiger partial charge in [0.05, 0.1) is 11.8 Å². The number of rotatable bonds is 5. The monoisotopic (exact) mass is 291 g/mol. The fraction of sp³-hybridized carbons (Fsp3) is 0.286. The average Bonchev–Trinajstić information content (AvgIpc) is 2.88. The van der Waals surface area contributed by atoms with Crippen LogP contribution in [0.15, 0.2) is 36.4 Å². The van der Waals surface area contributed by atoms with Crippen LogP contribution in [0.5, 0.6) is 0 Å². The second-order valence-electron chi connectivity index (χ2n) is 4.46. The minimum Gasteiger partial charge on any atom is -0.393 e. The van der Waals surface area contributed by atoms with Crippen LogP contribution in [0.4, 0.5) is 9.80 Å². The van der Waals surface area contributed by atoms with E-state index in [1.807, 2.05) is 36.4 Å². The number of hydrogen-bond acceptors (Lipinski definition) is 4. The van der Waals surface area contributed by atoms with Crippen LogP contribution in [-0.4, -0.2) is 28.2 Å². The normalized spacial score (nSPS) is 11.9. The first-order valence-corrected chi connectivity index (χ1v) is 7.17. The molecular formula is C14H17N3O2S. The van der Waals surface area contributed by atoms with Crippen molar-refractivity contribution in [1.82, 2.24) is 9.69 Å². The molecule has 2 amide bonds. The minimum absolute atomic E-state index is 0.283. The highest BCUT2D eigenvalue weighted by Crippen LogP contribution is 2.24. The molecule has 2 aromatic rings. The highest BCUT2D eigenvalue weighted by atomic mass is 32.1. The molecule has 2 rings (SSSR count). The number of amides is 2. The standard InChI is InChI=1S/C14H17N3O2S/c1-10(18)7-8-15-14(19)16-13-9-12(17-20-13)11-5-3-2-4-6-11/h2-6,9-10,18H,7-8H2,1H3,(H2,15,16,19). The van der Waals surface area contributed by atoms with Crippen LogP contribution in [0, 0.1) is 0 Å².